The lowest BCUT2D eigenvalue weighted by Crippen LogP contribution is -2.36. The average Bonchev–Trinajstić information content (AvgIpc) is 3.50. The van der Waals surface area contributed by atoms with Crippen molar-refractivity contribution in [1.29, 1.82) is 0 Å². The van der Waals surface area contributed by atoms with Crippen LogP contribution in [0.1, 0.15) is 18.4 Å². The summed E-state index contributed by atoms with van der Waals surface area (Å²) in [5.74, 6) is -1.20. The van der Waals surface area contributed by atoms with Crippen LogP contribution >= 0.6 is 0 Å². The molecule has 1 aromatic heterocycles. The summed E-state index contributed by atoms with van der Waals surface area (Å²) in [6.45, 7) is 2.97. The summed E-state index contributed by atoms with van der Waals surface area (Å²) in [5.41, 5.74) is 3.58. The van der Waals surface area contributed by atoms with Gasteiger partial charge in [0.2, 0.25) is 0 Å². The van der Waals surface area contributed by atoms with E-state index in [1.165, 1.54) is 0 Å². The zero-order chi connectivity index (χ0) is 25.1. The lowest BCUT2D eigenvalue weighted by Gasteiger charge is -2.32. The van der Waals surface area contributed by atoms with Gasteiger partial charge in [0.15, 0.2) is 5.82 Å². The zero-order valence-electron chi connectivity index (χ0n) is 19.6. The van der Waals surface area contributed by atoms with E-state index in [4.69, 9.17) is 4.74 Å². The van der Waals surface area contributed by atoms with Crippen molar-refractivity contribution in [3.05, 3.63) is 64.6 Å². The molecule has 36 heavy (non-hydrogen) atoms. The molecule has 11 heteroatoms. The molecule has 2 aromatic carbocycles. The molecule has 0 radical (unpaired) electrons. The normalized spacial score (nSPS) is 18.4. The van der Waals surface area contributed by atoms with E-state index in [1.54, 1.807) is 4.90 Å². The molecule has 1 atom stereocenters. The molecule has 3 aromatic rings. The number of hydrogen-bond donors (Lipinski definition) is 3. The monoisotopic (exact) mass is 493 g/mol. The summed E-state index contributed by atoms with van der Waals surface area (Å²) in [5, 5.41) is 16.2. The van der Waals surface area contributed by atoms with Crippen molar-refractivity contribution in [2.45, 2.75) is 25.5 Å². The summed E-state index contributed by atoms with van der Waals surface area (Å²) < 4.78 is 10.1. The van der Waals surface area contributed by atoms with Crippen LogP contribution in [-0.4, -0.2) is 59.6 Å². The smallest absolute Gasteiger partial charge is 0.439 e. The first kappa shape index (κ1) is 23.6. The molecule has 188 valence electrons. The highest BCUT2D eigenvalue weighted by Crippen LogP contribution is 2.28. The Kier molecular flexibility index (Phi) is 6.72. The fourth-order valence-electron chi connectivity index (χ4n) is 4.58. The van der Waals surface area contributed by atoms with Crippen LogP contribution in [0.4, 0.5) is 16.2 Å². The number of benzene rings is 2. The molecule has 0 aliphatic carbocycles. The number of ether oxygens (including phenoxy) is 1. The van der Waals surface area contributed by atoms with E-state index in [1.807, 2.05) is 48.5 Å². The van der Waals surface area contributed by atoms with Gasteiger partial charge in [0.25, 0.3) is 0 Å². The Morgan fingerprint density at radius 2 is 1.75 bits per heavy atom. The third-order valence-corrected chi connectivity index (χ3v) is 6.61. The number of carbonyl (C=O) groups excluding carboxylic acids is 1. The highest BCUT2D eigenvalue weighted by molar-refractivity contribution is 5.90. The Balaban J connectivity index is 1.10. The van der Waals surface area contributed by atoms with E-state index in [2.05, 4.69) is 24.9 Å². The predicted octanol–water partition coefficient (Wildman–Crippen LogP) is 2.45. The van der Waals surface area contributed by atoms with Crippen LogP contribution in [0, 0.1) is 5.92 Å². The number of carbonyl (C=O) groups is 2. The molecular formula is C25H27N5O6. The second-order valence-corrected chi connectivity index (χ2v) is 9.00. The van der Waals surface area contributed by atoms with Gasteiger partial charge in [0, 0.05) is 43.1 Å². The molecule has 2 saturated heterocycles. The van der Waals surface area contributed by atoms with Gasteiger partial charge in [-0.25, -0.2) is 9.59 Å². The van der Waals surface area contributed by atoms with E-state index < -0.39 is 11.7 Å². The van der Waals surface area contributed by atoms with E-state index in [-0.39, 0.29) is 18.1 Å². The van der Waals surface area contributed by atoms with Crippen LogP contribution in [0.15, 0.2) is 57.8 Å². The van der Waals surface area contributed by atoms with Crippen molar-refractivity contribution in [3.8, 4) is 11.4 Å². The van der Waals surface area contributed by atoms with Crippen LogP contribution in [-0.2, 0) is 16.1 Å². The molecule has 0 saturated carbocycles. The fraction of sp³-hybridized carbons (Fsp3) is 0.360. The summed E-state index contributed by atoms with van der Waals surface area (Å²) in [7, 11) is 0. The van der Waals surface area contributed by atoms with Crippen molar-refractivity contribution < 1.29 is 24.0 Å². The quantitative estimate of drug-likeness (QED) is 0.431. The molecule has 2 aliphatic rings. The number of cyclic esters (lactones) is 1. The lowest BCUT2D eigenvalue weighted by molar-refractivity contribution is -0.142. The van der Waals surface area contributed by atoms with E-state index >= 15 is 0 Å². The maximum Gasteiger partial charge on any atom is 0.439 e. The third-order valence-electron chi connectivity index (χ3n) is 6.61. The van der Waals surface area contributed by atoms with E-state index in [0.717, 1.165) is 22.5 Å². The van der Waals surface area contributed by atoms with Gasteiger partial charge in [-0.15, -0.1) is 0 Å². The number of aromatic amines is 1. The number of anilines is 2. The van der Waals surface area contributed by atoms with Gasteiger partial charge in [-0.05, 0) is 42.7 Å². The first-order valence-electron chi connectivity index (χ1n) is 11.9. The second kappa shape index (κ2) is 10.2. The Morgan fingerprint density at radius 3 is 2.39 bits per heavy atom. The molecule has 0 bridgehead atoms. The molecule has 0 spiro atoms. The number of carboxylic acids is 1. The number of aliphatic carboxylic acids is 1. The Hall–Kier alpha value is -4.12. The summed E-state index contributed by atoms with van der Waals surface area (Å²) in [6, 6.07) is 15.3. The first-order chi connectivity index (χ1) is 17.5. The number of aromatic nitrogens is 2. The Bertz CT molecular complexity index is 1260. The van der Waals surface area contributed by atoms with E-state index in [9.17, 15) is 19.5 Å². The van der Waals surface area contributed by atoms with Crippen LogP contribution < -0.4 is 20.9 Å². The van der Waals surface area contributed by atoms with Gasteiger partial charge in [0.05, 0.1) is 12.5 Å². The van der Waals surface area contributed by atoms with E-state index in [0.29, 0.717) is 51.4 Å². The molecular weight excluding hydrogens is 466 g/mol. The molecule has 3 heterocycles. The number of rotatable bonds is 8. The number of carboxylic acid groups (broad SMARTS) is 1. The van der Waals surface area contributed by atoms with Crippen LogP contribution in [0.25, 0.3) is 11.4 Å². The standard InChI is InChI=1S/C25H27N5O6/c31-23(32)18-9-11-29(12-10-18)19-5-7-20(8-6-19)30-15-21(35-25(30)34)14-26-13-16-1-3-17(4-2-16)22-27-24(33)36-28-22/h1-8,18,21,26H,9-15H2,(H,31,32)(H,27,28,33)/t21-/m0/s1. The second-order valence-electron chi connectivity index (χ2n) is 9.00. The fourth-order valence-corrected chi connectivity index (χ4v) is 4.58. The van der Waals surface area contributed by atoms with Gasteiger partial charge in [0.1, 0.15) is 6.10 Å². The molecule has 5 rings (SSSR count). The van der Waals surface area contributed by atoms with Crippen molar-refractivity contribution in [2.24, 2.45) is 5.92 Å². The molecule has 2 aliphatic heterocycles. The molecule has 3 N–H and O–H groups in total. The summed E-state index contributed by atoms with van der Waals surface area (Å²) in [4.78, 5) is 41.0. The largest absolute Gasteiger partial charge is 0.481 e. The first-order valence-corrected chi connectivity index (χ1v) is 11.9. The Labute approximate surface area is 206 Å². The van der Waals surface area contributed by atoms with Crippen LogP contribution in [0.3, 0.4) is 0 Å². The number of hydrogen-bond acceptors (Lipinski definition) is 8. The summed E-state index contributed by atoms with van der Waals surface area (Å²) >= 11 is 0. The maximum atomic E-state index is 12.4. The van der Waals surface area contributed by atoms with Gasteiger partial charge >= 0.3 is 17.8 Å². The van der Waals surface area contributed by atoms with Gasteiger partial charge in [-0.1, -0.05) is 29.4 Å². The van der Waals surface area contributed by atoms with Crippen molar-refractivity contribution in [3.63, 3.8) is 0 Å². The summed E-state index contributed by atoms with van der Waals surface area (Å²) in [6.07, 6.45) is 0.627. The predicted molar refractivity (Wildman–Crippen MR) is 131 cm³/mol. The SMILES string of the molecule is O=C(O)C1CCN(c2ccc(N3C[C@H](CNCc4ccc(-c5noc(=O)[nH]5)cc4)OC3=O)cc2)CC1. The molecule has 1 amide bonds. The lowest BCUT2D eigenvalue weighted by atomic mass is 9.97. The molecule has 0 unspecified atom stereocenters. The molecule has 11 nitrogen and oxygen atoms in total. The number of nitrogens with zero attached hydrogens (tertiary/aromatic N) is 3. The van der Waals surface area contributed by atoms with Gasteiger partial charge in [-0.3, -0.25) is 19.2 Å². The van der Waals surface area contributed by atoms with Crippen molar-refractivity contribution in [2.75, 3.05) is 36.0 Å². The molecule has 2 fully saturated rings. The topological polar surface area (TPSA) is 141 Å². The third kappa shape index (κ3) is 5.25. The number of amides is 1. The number of piperidine rings is 1. The van der Waals surface area contributed by atoms with Crippen LogP contribution in [0.2, 0.25) is 0 Å². The highest BCUT2D eigenvalue weighted by atomic mass is 16.6. The van der Waals surface area contributed by atoms with Gasteiger partial charge < -0.3 is 20.1 Å². The maximum absolute atomic E-state index is 12.4. The van der Waals surface area contributed by atoms with Crippen LogP contribution in [0.5, 0.6) is 0 Å². The Morgan fingerprint density at radius 1 is 1.06 bits per heavy atom. The zero-order valence-corrected chi connectivity index (χ0v) is 19.6. The minimum Gasteiger partial charge on any atom is -0.481 e. The van der Waals surface area contributed by atoms with Crippen molar-refractivity contribution in [1.82, 2.24) is 15.5 Å². The van der Waals surface area contributed by atoms with Gasteiger partial charge in [-0.2, -0.15) is 0 Å². The minimum atomic E-state index is -0.721. The number of nitrogens with one attached hydrogen (secondary N) is 2. The van der Waals surface area contributed by atoms with Crippen molar-refractivity contribution >= 4 is 23.4 Å². The average molecular weight is 494 g/mol. The minimum absolute atomic E-state index is 0.268. The highest BCUT2D eigenvalue weighted by Gasteiger charge is 2.32. The number of H-pyrrole nitrogens is 1.